The summed E-state index contributed by atoms with van der Waals surface area (Å²) in [7, 11) is 0. The van der Waals surface area contributed by atoms with E-state index >= 15 is 0 Å². The first-order valence-corrected chi connectivity index (χ1v) is 11.1. The van der Waals surface area contributed by atoms with Gasteiger partial charge >= 0.3 is 0 Å². The van der Waals surface area contributed by atoms with E-state index in [9.17, 15) is 4.79 Å². The highest BCUT2D eigenvalue weighted by atomic mass is 32.1. The van der Waals surface area contributed by atoms with E-state index in [2.05, 4.69) is 17.0 Å². The van der Waals surface area contributed by atoms with Gasteiger partial charge in [0, 0.05) is 0 Å². The number of hydrogen-bond donors (Lipinski definition) is 0. The Bertz CT molecular complexity index is 1330. The summed E-state index contributed by atoms with van der Waals surface area (Å²) in [6.07, 6.45) is 3.48. The second-order valence-corrected chi connectivity index (χ2v) is 8.23. The van der Waals surface area contributed by atoms with Crippen LogP contribution in [-0.4, -0.2) is 27.8 Å². The summed E-state index contributed by atoms with van der Waals surface area (Å²) in [6, 6.07) is 15.2. The molecule has 8 heteroatoms. The Morgan fingerprint density at radius 2 is 2.10 bits per heavy atom. The zero-order valence-corrected chi connectivity index (χ0v) is 17.8. The van der Waals surface area contributed by atoms with E-state index < -0.39 is 6.10 Å². The van der Waals surface area contributed by atoms with Gasteiger partial charge in [-0.15, -0.1) is 5.10 Å². The molecule has 0 bridgehead atoms. The van der Waals surface area contributed by atoms with Gasteiger partial charge in [-0.2, -0.15) is 9.50 Å². The van der Waals surface area contributed by atoms with Crippen molar-refractivity contribution in [3.8, 4) is 17.2 Å². The van der Waals surface area contributed by atoms with Crippen molar-refractivity contribution in [3.63, 3.8) is 0 Å². The summed E-state index contributed by atoms with van der Waals surface area (Å²) in [4.78, 5) is 17.9. The predicted octanol–water partition coefficient (Wildman–Crippen LogP) is 3.39. The Morgan fingerprint density at radius 1 is 1.23 bits per heavy atom. The topological polar surface area (TPSA) is 74.9 Å². The van der Waals surface area contributed by atoms with Gasteiger partial charge in [-0.25, -0.2) is 0 Å². The number of benzene rings is 2. The molecule has 0 saturated carbocycles. The Balaban J connectivity index is 1.40. The number of ether oxygens (including phenoxy) is 3. The lowest BCUT2D eigenvalue weighted by atomic mass is 10.2. The van der Waals surface area contributed by atoms with Gasteiger partial charge < -0.3 is 14.2 Å². The van der Waals surface area contributed by atoms with Crippen LogP contribution in [0.25, 0.3) is 11.0 Å². The van der Waals surface area contributed by atoms with Crippen molar-refractivity contribution in [2.75, 3.05) is 13.2 Å². The third-order valence-electron chi connectivity index (χ3n) is 4.92. The predicted molar refractivity (Wildman–Crippen MR) is 118 cm³/mol. The van der Waals surface area contributed by atoms with Crippen LogP contribution in [0.2, 0.25) is 0 Å². The van der Waals surface area contributed by atoms with E-state index in [1.54, 1.807) is 0 Å². The molecule has 31 heavy (non-hydrogen) atoms. The number of nitrogens with zero attached hydrogens (tertiary/aromatic N) is 3. The van der Waals surface area contributed by atoms with Crippen molar-refractivity contribution in [2.24, 2.45) is 0 Å². The highest BCUT2D eigenvalue weighted by Gasteiger charge is 2.27. The molecule has 1 atom stereocenters. The Hall–Kier alpha value is -3.39. The lowest BCUT2D eigenvalue weighted by molar-refractivity contribution is 0.0852. The molecular weight excluding hydrogens is 414 g/mol. The third kappa shape index (κ3) is 3.98. The average molecular weight is 436 g/mol. The maximum atomic E-state index is 12.9. The molecule has 1 aliphatic heterocycles. The largest absolute Gasteiger partial charge is 0.494 e. The third-order valence-corrected chi connectivity index (χ3v) is 5.88. The number of fused-ring (bicyclic) bond motifs is 2. The molecule has 0 saturated heterocycles. The fourth-order valence-corrected chi connectivity index (χ4v) is 4.23. The van der Waals surface area contributed by atoms with Crippen LogP contribution >= 0.6 is 11.3 Å². The monoisotopic (exact) mass is 435 g/mol. The number of rotatable bonds is 6. The molecule has 0 aliphatic carbocycles. The number of aromatic nitrogens is 3. The lowest BCUT2D eigenvalue weighted by Gasteiger charge is -2.24. The summed E-state index contributed by atoms with van der Waals surface area (Å²) < 4.78 is 19.3. The molecule has 4 aromatic rings. The van der Waals surface area contributed by atoms with Crippen LogP contribution in [0.15, 0.2) is 53.3 Å². The summed E-state index contributed by atoms with van der Waals surface area (Å²) in [6.45, 7) is 3.11. The molecule has 158 valence electrons. The minimum Gasteiger partial charge on any atom is -0.494 e. The van der Waals surface area contributed by atoms with Crippen LogP contribution in [0.1, 0.15) is 37.3 Å². The maximum Gasteiger partial charge on any atom is 0.291 e. The fraction of sp³-hybridized carbons (Fsp3) is 0.261. The van der Waals surface area contributed by atoms with Crippen molar-refractivity contribution >= 4 is 22.4 Å². The second kappa shape index (κ2) is 8.39. The number of unbranched alkanes of at least 4 members (excludes halogenated alkanes) is 1. The van der Waals surface area contributed by atoms with E-state index in [1.807, 2.05) is 54.6 Å². The highest BCUT2D eigenvalue weighted by molar-refractivity contribution is 7.15. The van der Waals surface area contributed by atoms with Crippen molar-refractivity contribution in [1.29, 1.82) is 0 Å². The lowest BCUT2D eigenvalue weighted by Crippen LogP contribution is -2.26. The fourth-order valence-electron chi connectivity index (χ4n) is 3.31. The van der Waals surface area contributed by atoms with Gasteiger partial charge in [0.1, 0.15) is 12.4 Å². The maximum absolute atomic E-state index is 12.9. The van der Waals surface area contributed by atoms with Gasteiger partial charge in [-0.1, -0.05) is 48.9 Å². The van der Waals surface area contributed by atoms with Gasteiger partial charge in [0.25, 0.3) is 5.56 Å². The van der Waals surface area contributed by atoms with E-state index in [1.165, 1.54) is 15.9 Å². The van der Waals surface area contributed by atoms with Gasteiger partial charge in [0.05, 0.1) is 11.1 Å². The van der Waals surface area contributed by atoms with Crippen LogP contribution in [0, 0.1) is 0 Å². The van der Waals surface area contributed by atoms with Crippen LogP contribution in [0.5, 0.6) is 17.2 Å². The van der Waals surface area contributed by atoms with Crippen LogP contribution in [0.3, 0.4) is 0 Å². The van der Waals surface area contributed by atoms with Crippen LogP contribution in [-0.2, 0) is 0 Å². The standard InChI is InChI=1S/C23H21N3O4S/c1-2-3-11-28-16-8-6-7-15(12-16)13-20-22(27)26-23(31-20)24-21(25-26)19-14-29-17-9-4-5-10-18(17)30-19/h4-10,12-13,19H,2-3,11,14H2,1H3/b20-13-. The molecule has 0 amide bonds. The van der Waals surface area contributed by atoms with Crippen LogP contribution < -0.4 is 24.3 Å². The van der Waals surface area contributed by atoms with Gasteiger partial charge in [-0.3, -0.25) is 4.79 Å². The van der Waals surface area contributed by atoms with Crippen molar-refractivity contribution < 1.29 is 14.2 Å². The molecule has 0 radical (unpaired) electrons. The minimum absolute atomic E-state index is 0.201. The zero-order valence-electron chi connectivity index (χ0n) is 17.0. The zero-order chi connectivity index (χ0) is 21.2. The summed E-state index contributed by atoms with van der Waals surface area (Å²) >= 11 is 1.30. The molecule has 1 aliphatic rings. The Labute approximate surface area is 182 Å². The molecule has 3 heterocycles. The Morgan fingerprint density at radius 3 is 2.94 bits per heavy atom. The van der Waals surface area contributed by atoms with Crippen LogP contribution in [0.4, 0.5) is 0 Å². The minimum atomic E-state index is -0.453. The first kappa shape index (κ1) is 19.6. The normalized spacial score (nSPS) is 16.0. The quantitative estimate of drug-likeness (QED) is 0.432. The number of thiazole rings is 1. The highest BCUT2D eigenvalue weighted by Crippen LogP contribution is 2.35. The van der Waals surface area contributed by atoms with Crippen molar-refractivity contribution in [2.45, 2.75) is 25.9 Å². The first-order chi connectivity index (χ1) is 15.2. The molecule has 0 N–H and O–H groups in total. The van der Waals surface area contributed by atoms with Crippen molar-refractivity contribution in [1.82, 2.24) is 14.6 Å². The molecule has 5 rings (SSSR count). The SMILES string of the molecule is CCCCOc1cccc(/C=c2\sc3nc(C4COc5ccccc5O4)nn3c2=O)c1. The van der Waals surface area contributed by atoms with Gasteiger partial charge in [-0.05, 0) is 42.3 Å². The molecule has 7 nitrogen and oxygen atoms in total. The summed E-state index contributed by atoms with van der Waals surface area (Å²) in [5.74, 6) is 2.58. The summed E-state index contributed by atoms with van der Waals surface area (Å²) in [5, 5.41) is 4.39. The number of para-hydroxylation sites is 2. The average Bonchev–Trinajstić information content (AvgIpc) is 3.33. The molecule has 2 aromatic carbocycles. The van der Waals surface area contributed by atoms with Crippen molar-refractivity contribution in [3.05, 3.63) is 74.8 Å². The van der Waals surface area contributed by atoms with E-state index in [0.717, 1.165) is 24.2 Å². The Kier molecular flexibility index (Phi) is 5.30. The van der Waals surface area contributed by atoms with Gasteiger partial charge in [0.15, 0.2) is 23.4 Å². The molecular formula is C23H21N3O4S. The summed E-state index contributed by atoms with van der Waals surface area (Å²) in [5.41, 5.74) is 0.699. The van der Waals surface area contributed by atoms with E-state index in [4.69, 9.17) is 14.2 Å². The van der Waals surface area contributed by atoms with Gasteiger partial charge in [0.2, 0.25) is 4.96 Å². The molecule has 1 unspecified atom stereocenters. The molecule has 2 aromatic heterocycles. The second-order valence-electron chi connectivity index (χ2n) is 7.22. The molecule has 0 fully saturated rings. The van der Waals surface area contributed by atoms with E-state index in [-0.39, 0.29) is 5.56 Å². The first-order valence-electron chi connectivity index (χ1n) is 10.2. The smallest absolute Gasteiger partial charge is 0.291 e. The number of hydrogen-bond acceptors (Lipinski definition) is 7. The van der Waals surface area contributed by atoms with E-state index in [0.29, 0.717) is 40.0 Å². The molecule has 0 spiro atoms.